The van der Waals surface area contributed by atoms with Crippen LogP contribution in [0.15, 0.2) is 0 Å². The molecule has 70 valence electrons. The van der Waals surface area contributed by atoms with Crippen LogP contribution in [0.1, 0.15) is 0 Å². The maximum atomic E-state index is 9.76. The molecule has 0 saturated carbocycles. The van der Waals surface area contributed by atoms with Crippen LogP contribution < -0.4 is 113 Å². The summed E-state index contributed by atoms with van der Waals surface area (Å²) < 4.78 is 8.95. The Morgan fingerprint density at radius 2 is 1.14 bits per heavy atom. The molecule has 0 aromatic rings. The third kappa shape index (κ3) is 19.7. The van der Waals surface area contributed by atoms with Gasteiger partial charge in [-0.25, -0.2) is 0 Å². The molecule has 14 heavy (non-hydrogen) atoms. The zero-order valence-electron chi connectivity index (χ0n) is 8.28. The van der Waals surface area contributed by atoms with Gasteiger partial charge in [-0.15, -0.1) is 0 Å². The molecular weight excluding hydrogens is 246 g/mol. The number of carbonyl (C=O) groups excluding carboxylic acids is 2. The summed E-state index contributed by atoms with van der Waals surface area (Å²) in [4.78, 5) is 19.5. The second-order valence-electron chi connectivity index (χ2n) is 1.85. The molecule has 0 amide bonds. The van der Waals surface area contributed by atoms with Crippen molar-refractivity contribution >= 4 is 11.9 Å². The van der Waals surface area contributed by atoms with Gasteiger partial charge in [-0.3, -0.25) is 0 Å². The molecule has 0 fully saturated rings. The Balaban J connectivity index is -0.000000605. The topological polar surface area (TPSA) is 98.7 Å². The predicted molar refractivity (Wildman–Crippen MR) is 31.7 cm³/mol. The molecule has 0 spiro atoms. The van der Waals surface area contributed by atoms with Gasteiger partial charge in [-0.05, 0) is 0 Å². The van der Waals surface area contributed by atoms with Crippen molar-refractivity contribution in [3.05, 3.63) is 0 Å². The average Bonchev–Trinajstić information content (AvgIpc) is 1.95. The number of carbonyl (C=O) groups is 2. The van der Waals surface area contributed by atoms with Gasteiger partial charge in [0.05, 0.1) is 38.4 Å². The molecule has 0 aliphatic rings. The summed E-state index contributed by atoms with van der Waals surface area (Å²) in [5.41, 5.74) is 0. The smallest absolute Gasteiger partial charge is 0.548 e. The molecule has 6 nitrogen and oxygen atoms in total. The first-order valence-electron chi connectivity index (χ1n) is 3.18. The number of ether oxygens (including phenoxy) is 2. The minimum atomic E-state index is -1.32. The molecule has 0 rings (SSSR count). The molecule has 0 heterocycles. The van der Waals surface area contributed by atoms with Crippen molar-refractivity contribution in [2.24, 2.45) is 0 Å². The van der Waals surface area contributed by atoms with Crippen molar-refractivity contribution in [2.75, 3.05) is 26.4 Å². The standard InChI is InChI=1S/C6H10O6.2K/c7-5(8)3-11-1-2-12-4-6(9)10;;/h1-4H2,(H,7,8)(H,9,10);;/q;2*+1/p-2. The SMILES string of the molecule is O=C([O-])COCCOCC(=O)[O-].[K+].[K+]. The van der Waals surface area contributed by atoms with E-state index in [0.29, 0.717) is 0 Å². The summed E-state index contributed by atoms with van der Waals surface area (Å²) in [5.74, 6) is -2.65. The summed E-state index contributed by atoms with van der Waals surface area (Å²) >= 11 is 0. The Morgan fingerprint density at radius 1 is 0.857 bits per heavy atom. The van der Waals surface area contributed by atoms with Crippen LogP contribution in [-0.2, 0) is 19.1 Å². The zero-order valence-corrected chi connectivity index (χ0v) is 14.5. The minimum Gasteiger partial charge on any atom is -0.548 e. The van der Waals surface area contributed by atoms with E-state index in [9.17, 15) is 19.8 Å². The van der Waals surface area contributed by atoms with Gasteiger partial charge in [-0.2, -0.15) is 0 Å². The van der Waals surface area contributed by atoms with Crippen molar-refractivity contribution in [3.8, 4) is 0 Å². The van der Waals surface area contributed by atoms with Crippen molar-refractivity contribution < 1.29 is 132 Å². The summed E-state index contributed by atoms with van der Waals surface area (Å²) in [7, 11) is 0. The number of hydrogen-bond acceptors (Lipinski definition) is 6. The Morgan fingerprint density at radius 3 is 1.36 bits per heavy atom. The quantitative estimate of drug-likeness (QED) is 0.330. The molecule has 0 unspecified atom stereocenters. The van der Waals surface area contributed by atoms with E-state index < -0.39 is 25.2 Å². The van der Waals surface area contributed by atoms with Crippen LogP contribution in [0, 0.1) is 0 Å². The van der Waals surface area contributed by atoms with Crippen molar-refractivity contribution in [3.63, 3.8) is 0 Å². The minimum absolute atomic E-state index is 0. The second-order valence-corrected chi connectivity index (χ2v) is 1.85. The van der Waals surface area contributed by atoms with Crippen molar-refractivity contribution in [1.29, 1.82) is 0 Å². The molecule has 0 N–H and O–H groups in total. The van der Waals surface area contributed by atoms with Gasteiger partial charge in [0.25, 0.3) is 0 Å². The van der Waals surface area contributed by atoms with Crippen LogP contribution >= 0.6 is 0 Å². The van der Waals surface area contributed by atoms with E-state index in [-0.39, 0.29) is 116 Å². The van der Waals surface area contributed by atoms with Gasteiger partial charge in [0.15, 0.2) is 0 Å². The zero-order chi connectivity index (χ0) is 9.40. The maximum absolute atomic E-state index is 9.76. The van der Waals surface area contributed by atoms with Crippen molar-refractivity contribution in [2.45, 2.75) is 0 Å². The van der Waals surface area contributed by atoms with Gasteiger partial charge < -0.3 is 29.3 Å². The van der Waals surface area contributed by atoms with E-state index in [1.807, 2.05) is 0 Å². The second kappa shape index (κ2) is 15.1. The molecule has 0 aliphatic heterocycles. The van der Waals surface area contributed by atoms with Gasteiger partial charge in [-0.1, -0.05) is 0 Å². The van der Waals surface area contributed by atoms with Crippen LogP contribution in [0.25, 0.3) is 0 Å². The fraction of sp³-hybridized carbons (Fsp3) is 0.667. The van der Waals surface area contributed by atoms with Crippen LogP contribution in [0.2, 0.25) is 0 Å². The molecule has 0 atom stereocenters. The van der Waals surface area contributed by atoms with E-state index in [4.69, 9.17) is 0 Å². The summed E-state index contributed by atoms with van der Waals surface area (Å²) in [6, 6.07) is 0. The van der Waals surface area contributed by atoms with Crippen LogP contribution in [0.3, 0.4) is 0 Å². The van der Waals surface area contributed by atoms with E-state index in [0.717, 1.165) is 0 Å². The molecule has 0 aromatic heterocycles. The number of rotatable bonds is 7. The number of hydrogen-bond donors (Lipinski definition) is 0. The number of aliphatic carboxylic acids is 2. The molecular formula is C6H8K2O6. The van der Waals surface area contributed by atoms with E-state index in [2.05, 4.69) is 9.47 Å². The summed E-state index contributed by atoms with van der Waals surface area (Å²) in [6.07, 6.45) is 0. The van der Waals surface area contributed by atoms with Crippen LogP contribution in [-0.4, -0.2) is 38.4 Å². The fourth-order valence-electron chi connectivity index (χ4n) is 0.429. The average molecular weight is 254 g/mol. The molecule has 0 bridgehead atoms. The first kappa shape index (κ1) is 21.4. The Labute approximate surface area is 167 Å². The first-order valence-corrected chi connectivity index (χ1v) is 3.18. The molecule has 0 aliphatic carbocycles. The molecule has 0 saturated heterocycles. The first-order chi connectivity index (χ1) is 5.63. The summed E-state index contributed by atoms with van der Waals surface area (Å²) in [6.45, 7) is -1.01. The summed E-state index contributed by atoms with van der Waals surface area (Å²) in [5, 5.41) is 19.5. The normalized spacial score (nSPS) is 8.29. The van der Waals surface area contributed by atoms with Gasteiger partial charge in [0, 0.05) is 0 Å². The Bertz CT molecular complexity index is 144. The van der Waals surface area contributed by atoms with Crippen LogP contribution in [0.5, 0.6) is 0 Å². The van der Waals surface area contributed by atoms with Crippen LogP contribution in [0.4, 0.5) is 0 Å². The molecule has 0 radical (unpaired) electrons. The van der Waals surface area contributed by atoms with Gasteiger partial charge in [0.2, 0.25) is 0 Å². The fourth-order valence-corrected chi connectivity index (χ4v) is 0.429. The third-order valence-corrected chi connectivity index (χ3v) is 0.812. The Hall–Kier alpha value is 2.13. The maximum Gasteiger partial charge on any atom is 1.00 e. The monoisotopic (exact) mass is 254 g/mol. The van der Waals surface area contributed by atoms with E-state index >= 15 is 0 Å². The molecule has 0 aromatic carbocycles. The van der Waals surface area contributed by atoms with E-state index in [1.54, 1.807) is 0 Å². The largest absolute Gasteiger partial charge is 1.00 e. The van der Waals surface area contributed by atoms with Gasteiger partial charge in [0.1, 0.15) is 0 Å². The Kier molecular flexibility index (Phi) is 23.2. The molecule has 8 heteroatoms. The third-order valence-electron chi connectivity index (χ3n) is 0.812. The van der Waals surface area contributed by atoms with Gasteiger partial charge >= 0.3 is 103 Å². The van der Waals surface area contributed by atoms with Crippen molar-refractivity contribution in [1.82, 2.24) is 0 Å². The number of carboxylic acid groups (broad SMARTS) is 2. The number of carboxylic acids is 2. The van der Waals surface area contributed by atoms with E-state index in [1.165, 1.54) is 0 Å². The predicted octanol–water partition coefficient (Wildman–Crippen LogP) is -9.47.